The molecule has 31 heavy (non-hydrogen) atoms. The van der Waals surface area contributed by atoms with Crippen molar-refractivity contribution < 1.29 is 14.0 Å². The number of carbonyl (C=O) groups excluding carboxylic acids is 2. The lowest BCUT2D eigenvalue weighted by Gasteiger charge is -2.36. The van der Waals surface area contributed by atoms with Gasteiger partial charge in [-0.3, -0.25) is 9.59 Å². The molecule has 0 N–H and O–H groups in total. The molecular formula is C26H29FN2O2. The van der Waals surface area contributed by atoms with Crippen LogP contribution in [0.25, 0.3) is 0 Å². The highest BCUT2D eigenvalue weighted by atomic mass is 19.1. The van der Waals surface area contributed by atoms with Crippen molar-refractivity contribution in [2.75, 3.05) is 11.4 Å². The summed E-state index contributed by atoms with van der Waals surface area (Å²) in [4.78, 5) is 29.9. The van der Waals surface area contributed by atoms with E-state index in [9.17, 15) is 14.0 Å². The molecule has 4 nitrogen and oxygen atoms in total. The Morgan fingerprint density at radius 2 is 1.81 bits per heavy atom. The van der Waals surface area contributed by atoms with Gasteiger partial charge in [0.2, 0.25) is 5.91 Å². The normalized spacial score (nSPS) is 16.5. The summed E-state index contributed by atoms with van der Waals surface area (Å²) in [5.74, 6) is -0.412. The van der Waals surface area contributed by atoms with E-state index in [1.54, 1.807) is 17.0 Å². The third kappa shape index (κ3) is 4.55. The van der Waals surface area contributed by atoms with Gasteiger partial charge in [0.05, 0.1) is 0 Å². The van der Waals surface area contributed by atoms with Crippen LogP contribution in [0, 0.1) is 5.82 Å². The van der Waals surface area contributed by atoms with E-state index in [0.29, 0.717) is 18.7 Å². The molecule has 1 fully saturated rings. The number of hydrogen-bond donors (Lipinski definition) is 0. The Bertz CT molecular complexity index is 964. The third-order valence-electron chi connectivity index (χ3n) is 6.46. The molecule has 1 aliphatic carbocycles. The molecule has 5 heteroatoms. The molecule has 162 valence electrons. The SMILES string of the molecule is C=CC(=O)N1CCCc2c(C(=O)N(Cc3ccc(F)cc3)C3CCCCC3)cccc21. The fourth-order valence-corrected chi connectivity index (χ4v) is 4.86. The van der Waals surface area contributed by atoms with Crippen LogP contribution in [0.15, 0.2) is 55.1 Å². The van der Waals surface area contributed by atoms with Crippen molar-refractivity contribution >= 4 is 17.5 Å². The summed E-state index contributed by atoms with van der Waals surface area (Å²) in [6.45, 7) is 4.71. The topological polar surface area (TPSA) is 40.6 Å². The first kappa shape index (κ1) is 21.3. The zero-order valence-electron chi connectivity index (χ0n) is 17.9. The van der Waals surface area contributed by atoms with Gasteiger partial charge in [-0.2, -0.15) is 0 Å². The monoisotopic (exact) mass is 420 g/mol. The van der Waals surface area contributed by atoms with Crippen molar-refractivity contribution in [1.29, 1.82) is 0 Å². The Morgan fingerprint density at radius 1 is 1.06 bits per heavy atom. The summed E-state index contributed by atoms with van der Waals surface area (Å²) in [7, 11) is 0. The maximum Gasteiger partial charge on any atom is 0.254 e. The largest absolute Gasteiger partial charge is 0.331 e. The molecule has 4 rings (SSSR count). The molecule has 2 aliphatic rings. The van der Waals surface area contributed by atoms with Gasteiger partial charge in [0, 0.05) is 30.4 Å². The first-order valence-corrected chi connectivity index (χ1v) is 11.2. The first-order valence-electron chi connectivity index (χ1n) is 11.2. The molecule has 0 saturated heterocycles. The van der Waals surface area contributed by atoms with E-state index in [0.717, 1.165) is 55.3 Å². The highest BCUT2D eigenvalue weighted by Gasteiger charge is 2.30. The average molecular weight is 421 g/mol. The van der Waals surface area contributed by atoms with Gasteiger partial charge in [-0.1, -0.05) is 44.0 Å². The fraction of sp³-hybridized carbons (Fsp3) is 0.385. The molecule has 0 bridgehead atoms. The number of fused-ring (bicyclic) bond motifs is 1. The second-order valence-electron chi connectivity index (χ2n) is 8.45. The van der Waals surface area contributed by atoms with Crippen molar-refractivity contribution in [2.24, 2.45) is 0 Å². The molecular weight excluding hydrogens is 391 g/mol. The third-order valence-corrected chi connectivity index (χ3v) is 6.46. The van der Waals surface area contributed by atoms with Crippen LogP contribution in [0.4, 0.5) is 10.1 Å². The minimum absolute atomic E-state index is 0.000905. The molecule has 1 heterocycles. The van der Waals surface area contributed by atoms with E-state index in [1.165, 1.54) is 24.6 Å². The lowest BCUT2D eigenvalue weighted by atomic mass is 9.91. The van der Waals surface area contributed by atoms with Gasteiger partial charge < -0.3 is 9.80 Å². The molecule has 2 amide bonds. The van der Waals surface area contributed by atoms with Crippen LogP contribution in [-0.2, 0) is 17.8 Å². The Balaban J connectivity index is 1.69. The molecule has 1 aliphatic heterocycles. The molecule has 0 unspecified atom stereocenters. The van der Waals surface area contributed by atoms with Crippen LogP contribution in [0.5, 0.6) is 0 Å². The number of hydrogen-bond acceptors (Lipinski definition) is 2. The van der Waals surface area contributed by atoms with Gasteiger partial charge in [0.1, 0.15) is 5.82 Å². The second kappa shape index (κ2) is 9.46. The van der Waals surface area contributed by atoms with E-state index in [2.05, 4.69) is 6.58 Å². The predicted octanol–water partition coefficient (Wildman–Crippen LogP) is 5.27. The van der Waals surface area contributed by atoms with Crippen LogP contribution in [0.2, 0.25) is 0 Å². The van der Waals surface area contributed by atoms with Crippen molar-refractivity contribution in [3.05, 3.63) is 77.6 Å². The summed E-state index contributed by atoms with van der Waals surface area (Å²) >= 11 is 0. The van der Waals surface area contributed by atoms with Crippen LogP contribution in [0.3, 0.4) is 0 Å². The number of anilines is 1. The van der Waals surface area contributed by atoms with Crippen LogP contribution >= 0.6 is 0 Å². The van der Waals surface area contributed by atoms with Crippen molar-refractivity contribution in [3.63, 3.8) is 0 Å². The molecule has 0 atom stereocenters. The number of rotatable bonds is 5. The zero-order chi connectivity index (χ0) is 21.8. The van der Waals surface area contributed by atoms with Crippen LogP contribution in [-0.4, -0.2) is 29.3 Å². The van der Waals surface area contributed by atoms with Gasteiger partial charge >= 0.3 is 0 Å². The van der Waals surface area contributed by atoms with E-state index < -0.39 is 0 Å². The summed E-state index contributed by atoms with van der Waals surface area (Å²) in [6, 6.07) is 12.2. The number of benzene rings is 2. The van der Waals surface area contributed by atoms with Crippen molar-refractivity contribution in [1.82, 2.24) is 4.90 Å². The van der Waals surface area contributed by atoms with Gasteiger partial charge in [0.25, 0.3) is 5.91 Å². The van der Waals surface area contributed by atoms with Gasteiger partial charge in [0.15, 0.2) is 0 Å². The summed E-state index contributed by atoms with van der Waals surface area (Å²) < 4.78 is 13.4. The molecule has 0 aromatic heterocycles. The number of nitrogens with zero attached hydrogens (tertiary/aromatic N) is 2. The summed E-state index contributed by atoms with van der Waals surface area (Å²) in [6.07, 6.45) is 8.33. The van der Waals surface area contributed by atoms with Gasteiger partial charge in [-0.15, -0.1) is 0 Å². The Morgan fingerprint density at radius 3 is 2.52 bits per heavy atom. The Hall–Kier alpha value is -2.95. The average Bonchev–Trinajstić information content (AvgIpc) is 2.82. The van der Waals surface area contributed by atoms with Gasteiger partial charge in [-0.25, -0.2) is 4.39 Å². The van der Waals surface area contributed by atoms with Crippen molar-refractivity contribution in [2.45, 2.75) is 57.5 Å². The molecule has 0 spiro atoms. The zero-order valence-corrected chi connectivity index (χ0v) is 17.9. The van der Waals surface area contributed by atoms with Crippen LogP contribution < -0.4 is 4.90 Å². The molecule has 2 aromatic carbocycles. The first-order chi connectivity index (χ1) is 15.1. The highest BCUT2D eigenvalue weighted by Crippen LogP contribution is 2.33. The van der Waals surface area contributed by atoms with E-state index in [-0.39, 0.29) is 23.7 Å². The predicted molar refractivity (Wildman–Crippen MR) is 120 cm³/mol. The highest BCUT2D eigenvalue weighted by molar-refractivity contribution is 6.04. The van der Waals surface area contributed by atoms with E-state index in [1.807, 2.05) is 23.1 Å². The number of halogens is 1. The standard InChI is InChI=1S/C26H29FN2O2/c1-2-25(30)28-17-7-11-22-23(10-6-12-24(22)28)26(31)29(21-8-4-3-5-9-21)18-19-13-15-20(27)16-14-19/h2,6,10,12-16,21H,1,3-5,7-9,11,17-18H2. The van der Waals surface area contributed by atoms with Gasteiger partial charge in [-0.05, 0) is 67.2 Å². The lowest BCUT2D eigenvalue weighted by molar-refractivity contribution is -0.114. The minimum atomic E-state index is -0.275. The number of amides is 2. The van der Waals surface area contributed by atoms with Crippen molar-refractivity contribution in [3.8, 4) is 0 Å². The second-order valence-corrected chi connectivity index (χ2v) is 8.45. The lowest BCUT2D eigenvalue weighted by Crippen LogP contribution is -2.42. The maximum atomic E-state index is 13.9. The van der Waals surface area contributed by atoms with E-state index >= 15 is 0 Å². The Labute approximate surface area is 183 Å². The smallest absolute Gasteiger partial charge is 0.254 e. The quantitative estimate of drug-likeness (QED) is 0.619. The summed E-state index contributed by atoms with van der Waals surface area (Å²) in [5, 5.41) is 0. The number of carbonyl (C=O) groups is 2. The molecule has 1 saturated carbocycles. The molecule has 2 aromatic rings. The summed E-state index contributed by atoms with van der Waals surface area (Å²) in [5.41, 5.74) is 3.35. The molecule has 0 radical (unpaired) electrons. The Kier molecular flexibility index (Phi) is 6.50. The fourth-order valence-electron chi connectivity index (χ4n) is 4.86. The van der Waals surface area contributed by atoms with E-state index in [4.69, 9.17) is 0 Å². The maximum absolute atomic E-state index is 13.9. The van der Waals surface area contributed by atoms with Crippen LogP contribution in [0.1, 0.15) is 60.0 Å². The minimum Gasteiger partial charge on any atom is -0.331 e.